The van der Waals surface area contributed by atoms with Crippen LogP contribution in [0.25, 0.3) is 0 Å². The van der Waals surface area contributed by atoms with Crippen molar-refractivity contribution in [1.82, 2.24) is 0 Å². The third-order valence-corrected chi connectivity index (χ3v) is 2.57. The minimum Gasteiger partial charge on any atom is -0.359 e. The van der Waals surface area contributed by atoms with Crippen molar-refractivity contribution < 1.29 is 13.2 Å². The maximum Gasteiger partial charge on any atom is 0.416 e. The normalized spacial score (nSPS) is 10.1. The molecule has 0 bridgehead atoms. The predicted molar refractivity (Wildman–Crippen MR) is 62.1 cm³/mol. The Labute approximate surface area is 109 Å². The Kier molecular flexibility index (Phi) is 4.35. The van der Waals surface area contributed by atoms with Crippen molar-refractivity contribution in [3.63, 3.8) is 0 Å². The highest BCUT2D eigenvalue weighted by Crippen LogP contribution is 2.33. The highest BCUT2D eigenvalue weighted by molar-refractivity contribution is 9.10. The van der Waals surface area contributed by atoms with Gasteiger partial charge in [0, 0.05) is 10.7 Å². The Morgan fingerprint density at radius 3 is 2.33 bits per heavy atom. The first kappa shape index (κ1) is 14.1. The van der Waals surface area contributed by atoms with Crippen LogP contribution in [0.15, 0.2) is 34.4 Å². The van der Waals surface area contributed by atoms with Gasteiger partial charge < -0.3 is 5.32 Å². The zero-order valence-corrected chi connectivity index (χ0v) is 10.3. The van der Waals surface area contributed by atoms with Gasteiger partial charge in [0.2, 0.25) is 0 Å². The minimum absolute atomic E-state index is 0.179. The largest absolute Gasteiger partial charge is 0.416 e. The SMILES string of the molecule is N#CC(C#N)=CNc1ccc(C(F)(F)F)cc1Br. The lowest BCUT2D eigenvalue weighted by Crippen LogP contribution is -2.05. The molecule has 0 amide bonds. The zero-order valence-electron chi connectivity index (χ0n) is 8.72. The lowest BCUT2D eigenvalue weighted by atomic mass is 10.2. The summed E-state index contributed by atoms with van der Waals surface area (Å²) in [7, 11) is 0. The Hall–Kier alpha value is -1.99. The third-order valence-electron chi connectivity index (χ3n) is 1.91. The van der Waals surface area contributed by atoms with E-state index in [1.165, 1.54) is 6.07 Å². The summed E-state index contributed by atoms with van der Waals surface area (Å²) >= 11 is 2.98. The van der Waals surface area contributed by atoms with E-state index in [0.717, 1.165) is 18.3 Å². The van der Waals surface area contributed by atoms with Gasteiger partial charge in [0.1, 0.15) is 17.7 Å². The molecule has 0 atom stereocenters. The van der Waals surface area contributed by atoms with Gasteiger partial charge in [-0.2, -0.15) is 23.7 Å². The molecule has 0 spiro atoms. The van der Waals surface area contributed by atoms with Gasteiger partial charge in [0.15, 0.2) is 0 Å². The van der Waals surface area contributed by atoms with E-state index in [9.17, 15) is 13.2 Å². The predicted octanol–water partition coefficient (Wildman–Crippen LogP) is 3.81. The van der Waals surface area contributed by atoms with Crippen LogP contribution in [0.3, 0.4) is 0 Å². The number of anilines is 1. The summed E-state index contributed by atoms with van der Waals surface area (Å²) in [6.07, 6.45) is -3.30. The Bertz CT molecular complexity index is 548. The molecular formula is C11H5BrF3N3. The molecule has 3 nitrogen and oxygen atoms in total. The second-order valence-electron chi connectivity index (χ2n) is 3.12. The van der Waals surface area contributed by atoms with E-state index in [0.29, 0.717) is 5.69 Å². The van der Waals surface area contributed by atoms with Crippen molar-refractivity contribution in [3.05, 3.63) is 40.0 Å². The van der Waals surface area contributed by atoms with E-state index >= 15 is 0 Å². The summed E-state index contributed by atoms with van der Waals surface area (Å²) in [5.74, 6) is 0. The number of hydrogen-bond donors (Lipinski definition) is 1. The van der Waals surface area contributed by atoms with Crippen LogP contribution >= 0.6 is 15.9 Å². The van der Waals surface area contributed by atoms with Crippen LogP contribution in [-0.4, -0.2) is 0 Å². The van der Waals surface area contributed by atoms with Gasteiger partial charge >= 0.3 is 6.18 Å². The molecule has 0 saturated carbocycles. The second-order valence-corrected chi connectivity index (χ2v) is 3.97. The maximum atomic E-state index is 12.4. The van der Waals surface area contributed by atoms with E-state index < -0.39 is 11.7 Å². The molecule has 1 aromatic carbocycles. The first-order valence-corrected chi connectivity index (χ1v) is 5.31. The van der Waals surface area contributed by atoms with Gasteiger partial charge in [-0.15, -0.1) is 0 Å². The molecule has 0 aliphatic carbocycles. The first-order chi connectivity index (χ1) is 8.38. The van der Waals surface area contributed by atoms with Gasteiger partial charge in [0.25, 0.3) is 0 Å². The zero-order chi connectivity index (χ0) is 13.8. The lowest BCUT2D eigenvalue weighted by molar-refractivity contribution is -0.137. The molecule has 0 unspecified atom stereocenters. The molecule has 92 valence electrons. The van der Waals surface area contributed by atoms with E-state index in [2.05, 4.69) is 21.2 Å². The monoisotopic (exact) mass is 315 g/mol. The highest BCUT2D eigenvalue weighted by atomic mass is 79.9. The Morgan fingerprint density at radius 2 is 1.89 bits per heavy atom. The quantitative estimate of drug-likeness (QED) is 0.844. The minimum atomic E-state index is -4.42. The molecular weight excluding hydrogens is 311 g/mol. The number of benzene rings is 1. The molecule has 0 saturated heterocycles. The fourth-order valence-electron chi connectivity index (χ4n) is 1.05. The van der Waals surface area contributed by atoms with Crippen LogP contribution in [0.2, 0.25) is 0 Å². The van der Waals surface area contributed by atoms with Crippen molar-refractivity contribution >= 4 is 21.6 Å². The lowest BCUT2D eigenvalue weighted by Gasteiger charge is -2.09. The molecule has 1 rings (SSSR count). The number of alkyl halides is 3. The number of hydrogen-bond acceptors (Lipinski definition) is 3. The number of rotatable bonds is 2. The fourth-order valence-corrected chi connectivity index (χ4v) is 1.54. The molecule has 1 aromatic rings. The smallest absolute Gasteiger partial charge is 0.359 e. The van der Waals surface area contributed by atoms with Crippen LogP contribution in [0.5, 0.6) is 0 Å². The summed E-state index contributed by atoms with van der Waals surface area (Å²) in [5.41, 5.74) is -0.641. The van der Waals surface area contributed by atoms with Gasteiger partial charge in [-0.1, -0.05) is 0 Å². The van der Waals surface area contributed by atoms with Crippen LogP contribution in [0.1, 0.15) is 5.56 Å². The van der Waals surface area contributed by atoms with Crippen LogP contribution in [0.4, 0.5) is 18.9 Å². The topological polar surface area (TPSA) is 59.6 Å². The maximum absolute atomic E-state index is 12.4. The van der Waals surface area contributed by atoms with Crippen molar-refractivity contribution in [2.75, 3.05) is 5.32 Å². The molecule has 0 radical (unpaired) electrons. The standard InChI is InChI=1S/C11H5BrF3N3/c12-9-3-8(11(13,14)15)1-2-10(9)18-6-7(4-16)5-17/h1-3,6,18H. The van der Waals surface area contributed by atoms with Gasteiger partial charge in [0.05, 0.1) is 11.3 Å². The summed E-state index contributed by atoms with van der Waals surface area (Å²) < 4.78 is 37.3. The molecule has 1 N–H and O–H groups in total. The molecule has 0 aliphatic rings. The van der Waals surface area contributed by atoms with Gasteiger partial charge in [-0.05, 0) is 34.1 Å². The Balaban J connectivity index is 2.99. The first-order valence-electron chi connectivity index (χ1n) is 4.52. The van der Waals surface area contributed by atoms with Crippen molar-refractivity contribution in [1.29, 1.82) is 10.5 Å². The summed E-state index contributed by atoms with van der Waals surface area (Å²) in [6.45, 7) is 0. The number of allylic oxidation sites excluding steroid dienone is 1. The average Bonchev–Trinajstić information content (AvgIpc) is 2.30. The van der Waals surface area contributed by atoms with Crippen molar-refractivity contribution in [3.8, 4) is 12.1 Å². The summed E-state index contributed by atoms with van der Waals surface area (Å²) in [6, 6.07) is 6.26. The molecule has 0 aliphatic heterocycles. The number of nitrogens with zero attached hydrogens (tertiary/aromatic N) is 2. The number of halogens is 4. The number of nitrogens with one attached hydrogen (secondary N) is 1. The molecule has 18 heavy (non-hydrogen) atoms. The van der Waals surface area contributed by atoms with Crippen LogP contribution in [0, 0.1) is 22.7 Å². The van der Waals surface area contributed by atoms with Crippen LogP contribution in [-0.2, 0) is 6.18 Å². The van der Waals surface area contributed by atoms with Crippen LogP contribution < -0.4 is 5.32 Å². The van der Waals surface area contributed by atoms with Crippen molar-refractivity contribution in [2.45, 2.75) is 6.18 Å². The summed E-state index contributed by atoms with van der Waals surface area (Å²) in [4.78, 5) is 0. The Morgan fingerprint density at radius 1 is 1.28 bits per heavy atom. The van der Waals surface area contributed by atoms with E-state index in [1.807, 2.05) is 0 Å². The van der Waals surface area contributed by atoms with Gasteiger partial charge in [-0.3, -0.25) is 0 Å². The van der Waals surface area contributed by atoms with E-state index in [1.54, 1.807) is 12.1 Å². The third kappa shape index (κ3) is 3.51. The number of nitriles is 2. The van der Waals surface area contributed by atoms with E-state index in [4.69, 9.17) is 10.5 Å². The molecule has 7 heteroatoms. The molecule has 0 fully saturated rings. The van der Waals surface area contributed by atoms with Crippen molar-refractivity contribution in [2.24, 2.45) is 0 Å². The average molecular weight is 316 g/mol. The van der Waals surface area contributed by atoms with E-state index in [-0.39, 0.29) is 10.0 Å². The highest BCUT2D eigenvalue weighted by Gasteiger charge is 2.30. The molecule has 0 heterocycles. The summed E-state index contributed by atoms with van der Waals surface area (Å²) in [5, 5.41) is 19.5. The second kappa shape index (κ2) is 5.56. The molecule has 0 aromatic heterocycles. The fraction of sp³-hybridized carbons (Fsp3) is 0.0909. The van der Waals surface area contributed by atoms with Gasteiger partial charge in [-0.25, -0.2) is 0 Å².